The quantitative estimate of drug-likeness (QED) is 0.569. The van der Waals surface area contributed by atoms with E-state index in [1.165, 1.54) is 0 Å². The molecule has 3 heteroatoms. The van der Waals surface area contributed by atoms with Crippen molar-refractivity contribution in [3.8, 4) is 5.75 Å². The Hall–Kier alpha value is -2.29. The third-order valence-corrected chi connectivity index (χ3v) is 3.27. The first-order chi connectivity index (χ1) is 10.2. The zero-order valence-corrected chi connectivity index (χ0v) is 12.4. The Labute approximate surface area is 125 Å². The highest BCUT2D eigenvalue weighted by Crippen LogP contribution is 2.26. The van der Waals surface area contributed by atoms with E-state index in [2.05, 4.69) is 6.92 Å². The first-order valence-corrected chi connectivity index (χ1v) is 7.19. The topological polar surface area (TPSA) is 35.5 Å². The fourth-order valence-corrected chi connectivity index (χ4v) is 2.21. The van der Waals surface area contributed by atoms with Gasteiger partial charge in [-0.3, -0.25) is 0 Å². The minimum atomic E-state index is -0.664. The van der Waals surface area contributed by atoms with E-state index in [4.69, 9.17) is 9.47 Å². The van der Waals surface area contributed by atoms with Crippen LogP contribution < -0.4 is 4.74 Å². The molecule has 0 radical (unpaired) electrons. The Morgan fingerprint density at radius 3 is 2.38 bits per heavy atom. The summed E-state index contributed by atoms with van der Waals surface area (Å²) in [5.74, 6) is 0.488. The van der Waals surface area contributed by atoms with Crippen molar-refractivity contribution in [2.45, 2.75) is 32.8 Å². The molecule has 0 aromatic heterocycles. The Bertz CT molecular complexity index is 578. The molecule has 0 saturated heterocycles. The second-order valence-electron chi connectivity index (χ2n) is 4.92. The Morgan fingerprint density at radius 1 is 1.05 bits per heavy atom. The molecule has 1 unspecified atom stereocenters. The normalized spacial score (nSPS) is 11.7. The van der Waals surface area contributed by atoms with Crippen LogP contribution in [0.4, 0.5) is 4.79 Å². The second-order valence-corrected chi connectivity index (χ2v) is 4.92. The number of aryl methyl sites for hydroxylation is 1. The summed E-state index contributed by atoms with van der Waals surface area (Å²) in [6.07, 6.45) is 0.766. The van der Waals surface area contributed by atoms with Crippen LogP contribution in [0.25, 0.3) is 0 Å². The van der Waals surface area contributed by atoms with Crippen molar-refractivity contribution < 1.29 is 14.3 Å². The van der Waals surface area contributed by atoms with E-state index >= 15 is 0 Å². The van der Waals surface area contributed by atoms with Crippen molar-refractivity contribution in [2.24, 2.45) is 0 Å². The molecule has 0 aliphatic carbocycles. The first kappa shape index (κ1) is 15.1. The van der Waals surface area contributed by atoms with Crippen molar-refractivity contribution in [3.63, 3.8) is 0 Å². The molecule has 110 valence electrons. The van der Waals surface area contributed by atoms with E-state index < -0.39 is 6.16 Å². The van der Waals surface area contributed by atoms with Gasteiger partial charge in [-0.2, -0.15) is 0 Å². The van der Waals surface area contributed by atoms with Crippen LogP contribution in [0, 0.1) is 6.92 Å². The van der Waals surface area contributed by atoms with Crippen LogP contribution in [-0.2, 0) is 4.74 Å². The summed E-state index contributed by atoms with van der Waals surface area (Å²) in [5.41, 5.74) is 2.15. The first-order valence-electron chi connectivity index (χ1n) is 7.19. The molecule has 2 aromatic rings. The molecule has 0 fully saturated rings. The van der Waals surface area contributed by atoms with Crippen LogP contribution in [-0.4, -0.2) is 6.16 Å². The molecule has 0 bridgehead atoms. The summed E-state index contributed by atoms with van der Waals surface area (Å²) < 4.78 is 10.7. The van der Waals surface area contributed by atoms with Crippen molar-refractivity contribution in [3.05, 3.63) is 65.7 Å². The largest absolute Gasteiger partial charge is 0.514 e. The molecular formula is C18H20O3. The maximum atomic E-state index is 11.9. The van der Waals surface area contributed by atoms with Crippen LogP contribution in [0.5, 0.6) is 5.75 Å². The molecule has 3 nitrogen and oxygen atoms in total. The predicted octanol–water partition coefficient (Wildman–Crippen LogP) is 5.05. The maximum absolute atomic E-state index is 11.9. The average molecular weight is 284 g/mol. The third kappa shape index (κ3) is 4.35. The SMILES string of the molecule is CCCC(OC(=O)Oc1ccccc1)c1ccccc1C. The summed E-state index contributed by atoms with van der Waals surface area (Å²) >= 11 is 0. The van der Waals surface area contributed by atoms with Gasteiger partial charge < -0.3 is 9.47 Å². The monoisotopic (exact) mass is 284 g/mol. The number of carbonyl (C=O) groups excluding carboxylic acids is 1. The van der Waals surface area contributed by atoms with Crippen molar-refractivity contribution in [1.29, 1.82) is 0 Å². The van der Waals surface area contributed by atoms with E-state index in [9.17, 15) is 4.79 Å². The summed E-state index contributed by atoms with van der Waals surface area (Å²) in [5, 5.41) is 0. The van der Waals surface area contributed by atoms with Crippen molar-refractivity contribution >= 4 is 6.16 Å². The molecule has 0 N–H and O–H groups in total. The zero-order valence-electron chi connectivity index (χ0n) is 12.4. The average Bonchev–Trinajstić information content (AvgIpc) is 2.48. The van der Waals surface area contributed by atoms with Gasteiger partial charge in [0.05, 0.1) is 0 Å². The predicted molar refractivity (Wildman–Crippen MR) is 82.4 cm³/mol. The fourth-order valence-electron chi connectivity index (χ4n) is 2.21. The molecule has 21 heavy (non-hydrogen) atoms. The van der Waals surface area contributed by atoms with E-state index in [0.717, 1.165) is 24.0 Å². The zero-order chi connectivity index (χ0) is 15.1. The van der Waals surface area contributed by atoms with E-state index in [-0.39, 0.29) is 6.10 Å². The third-order valence-electron chi connectivity index (χ3n) is 3.27. The number of hydrogen-bond acceptors (Lipinski definition) is 3. The smallest absolute Gasteiger partial charge is 0.426 e. The van der Waals surface area contributed by atoms with Gasteiger partial charge in [0, 0.05) is 0 Å². The number of para-hydroxylation sites is 1. The Balaban J connectivity index is 2.06. The van der Waals surface area contributed by atoms with Gasteiger partial charge in [0.2, 0.25) is 0 Å². The number of ether oxygens (including phenoxy) is 2. The molecule has 2 aromatic carbocycles. The van der Waals surface area contributed by atoms with Gasteiger partial charge in [0.1, 0.15) is 11.9 Å². The fraction of sp³-hybridized carbons (Fsp3) is 0.278. The second kappa shape index (κ2) is 7.48. The lowest BCUT2D eigenvalue weighted by Gasteiger charge is -2.19. The summed E-state index contributed by atoms with van der Waals surface area (Å²) in [4.78, 5) is 11.9. The molecule has 2 rings (SSSR count). The highest BCUT2D eigenvalue weighted by molar-refractivity contribution is 5.64. The number of carbonyl (C=O) groups is 1. The van der Waals surface area contributed by atoms with Crippen LogP contribution in [0.1, 0.15) is 37.0 Å². The molecule has 0 saturated carbocycles. The number of benzene rings is 2. The number of rotatable bonds is 5. The van der Waals surface area contributed by atoms with Crippen LogP contribution in [0.3, 0.4) is 0 Å². The molecule has 0 aliphatic rings. The summed E-state index contributed by atoms with van der Waals surface area (Å²) in [6.45, 7) is 4.08. The lowest BCUT2D eigenvalue weighted by molar-refractivity contribution is 0.0534. The lowest BCUT2D eigenvalue weighted by atomic mass is 10.0. The summed E-state index contributed by atoms with van der Waals surface area (Å²) in [6, 6.07) is 16.9. The van der Waals surface area contributed by atoms with E-state index in [1.54, 1.807) is 12.1 Å². The van der Waals surface area contributed by atoms with Gasteiger partial charge >= 0.3 is 6.16 Å². The molecule has 0 spiro atoms. The minimum Gasteiger partial charge on any atom is -0.426 e. The van der Waals surface area contributed by atoms with Crippen molar-refractivity contribution in [1.82, 2.24) is 0 Å². The van der Waals surface area contributed by atoms with Gasteiger partial charge in [-0.1, -0.05) is 55.8 Å². The van der Waals surface area contributed by atoms with Crippen LogP contribution >= 0.6 is 0 Å². The molecule has 0 aliphatic heterocycles. The van der Waals surface area contributed by atoms with Gasteiger partial charge in [-0.25, -0.2) is 4.79 Å². The van der Waals surface area contributed by atoms with Crippen molar-refractivity contribution in [2.75, 3.05) is 0 Å². The Morgan fingerprint density at radius 2 is 1.71 bits per heavy atom. The highest BCUT2D eigenvalue weighted by Gasteiger charge is 2.19. The van der Waals surface area contributed by atoms with Gasteiger partial charge in [-0.15, -0.1) is 0 Å². The maximum Gasteiger partial charge on any atom is 0.514 e. The highest BCUT2D eigenvalue weighted by atomic mass is 16.7. The van der Waals surface area contributed by atoms with Gasteiger partial charge in [0.15, 0.2) is 0 Å². The Kier molecular flexibility index (Phi) is 5.38. The molecular weight excluding hydrogens is 264 g/mol. The molecule has 0 heterocycles. The van der Waals surface area contributed by atoms with Gasteiger partial charge in [0.25, 0.3) is 0 Å². The van der Waals surface area contributed by atoms with Gasteiger partial charge in [-0.05, 0) is 36.6 Å². The van der Waals surface area contributed by atoms with Crippen LogP contribution in [0.2, 0.25) is 0 Å². The molecule has 0 amide bonds. The van der Waals surface area contributed by atoms with E-state index in [0.29, 0.717) is 5.75 Å². The molecule has 1 atom stereocenters. The lowest BCUT2D eigenvalue weighted by Crippen LogP contribution is -2.16. The van der Waals surface area contributed by atoms with E-state index in [1.807, 2.05) is 49.4 Å². The summed E-state index contributed by atoms with van der Waals surface area (Å²) in [7, 11) is 0. The standard InChI is InChI=1S/C18H20O3/c1-3-9-17(16-13-8-7-10-14(16)2)21-18(19)20-15-11-5-4-6-12-15/h4-8,10-13,17H,3,9H2,1-2H3. The number of hydrogen-bond donors (Lipinski definition) is 0. The van der Waals surface area contributed by atoms with Crippen LogP contribution in [0.15, 0.2) is 54.6 Å². The minimum absolute atomic E-state index is 0.271.